The van der Waals surface area contributed by atoms with Crippen LogP contribution in [0.3, 0.4) is 0 Å². The van der Waals surface area contributed by atoms with Gasteiger partial charge in [-0.3, -0.25) is 9.89 Å². The van der Waals surface area contributed by atoms with E-state index < -0.39 is 0 Å². The van der Waals surface area contributed by atoms with Crippen molar-refractivity contribution in [1.29, 1.82) is 0 Å². The summed E-state index contributed by atoms with van der Waals surface area (Å²) >= 11 is 0. The minimum Gasteiger partial charge on any atom is -0.496 e. The number of aromatic amines is 1. The zero-order chi connectivity index (χ0) is 20.1. The Bertz CT molecular complexity index is 1080. The van der Waals surface area contributed by atoms with Crippen LogP contribution >= 0.6 is 0 Å². The average Bonchev–Trinajstić information content (AvgIpc) is 3.46. The van der Waals surface area contributed by atoms with Crippen LogP contribution in [0.1, 0.15) is 22.1 Å². The molecule has 2 aromatic heterocycles. The number of benzene rings is 2. The van der Waals surface area contributed by atoms with E-state index in [4.69, 9.17) is 4.74 Å². The molecule has 29 heavy (non-hydrogen) atoms. The Labute approximate surface area is 167 Å². The lowest BCUT2D eigenvalue weighted by atomic mass is 10.1. The van der Waals surface area contributed by atoms with Crippen LogP contribution in [0.5, 0.6) is 5.75 Å². The second kappa shape index (κ2) is 8.39. The highest BCUT2D eigenvalue weighted by Crippen LogP contribution is 2.28. The fourth-order valence-electron chi connectivity index (χ4n) is 3.09. The lowest BCUT2D eigenvalue weighted by Crippen LogP contribution is -2.32. The maximum absolute atomic E-state index is 12.9. The lowest BCUT2D eigenvalue weighted by Gasteiger charge is -2.18. The number of aromatic nitrogens is 5. The standard InChI is InChI=1S/C21H20N6O2/c1-29-20-10-6-5-9-16(20)17-13-18(26-25-17)21(28)24-19(14-27-22-11-12-23-27)15-7-3-2-4-8-15/h2-13,19H,14H2,1H3,(H,24,28)(H,25,26). The van der Waals surface area contributed by atoms with Gasteiger partial charge in [0.2, 0.25) is 0 Å². The summed E-state index contributed by atoms with van der Waals surface area (Å²) in [6.07, 6.45) is 3.22. The van der Waals surface area contributed by atoms with Crippen LogP contribution in [0.4, 0.5) is 0 Å². The smallest absolute Gasteiger partial charge is 0.269 e. The van der Waals surface area contributed by atoms with E-state index in [1.165, 1.54) is 0 Å². The van der Waals surface area contributed by atoms with Crippen LogP contribution in [-0.2, 0) is 6.54 Å². The number of carbonyl (C=O) groups is 1. The Hall–Kier alpha value is -3.94. The lowest BCUT2D eigenvalue weighted by molar-refractivity contribution is 0.0925. The Morgan fingerprint density at radius 1 is 1.10 bits per heavy atom. The van der Waals surface area contributed by atoms with Crippen molar-refractivity contribution in [3.8, 4) is 17.0 Å². The van der Waals surface area contributed by atoms with Gasteiger partial charge in [0, 0.05) is 5.56 Å². The van der Waals surface area contributed by atoms with Crippen molar-refractivity contribution < 1.29 is 9.53 Å². The van der Waals surface area contributed by atoms with Crippen molar-refractivity contribution >= 4 is 5.91 Å². The van der Waals surface area contributed by atoms with Crippen molar-refractivity contribution in [2.24, 2.45) is 0 Å². The number of carbonyl (C=O) groups excluding carboxylic acids is 1. The Kier molecular flexibility index (Phi) is 5.33. The minimum atomic E-state index is -0.297. The fourth-order valence-corrected chi connectivity index (χ4v) is 3.09. The third kappa shape index (κ3) is 4.16. The van der Waals surface area contributed by atoms with E-state index in [-0.39, 0.29) is 11.9 Å². The van der Waals surface area contributed by atoms with Gasteiger partial charge in [-0.25, -0.2) is 0 Å². The number of amides is 1. The number of nitrogens with zero attached hydrogens (tertiary/aromatic N) is 4. The molecule has 0 aliphatic heterocycles. The van der Waals surface area contributed by atoms with E-state index in [9.17, 15) is 4.79 Å². The van der Waals surface area contributed by atoms with Gasteiger partial charge in [-0.05, 0) is 23.8 Å². The summed E-state index contributed by atoms with van der Waals surface area (Å²) < 4.78 is 5.38. The van der Waals surface area contributed by atoms with Gasteiger partial charge >= 0.3 is 0 Å². The Morgan fingerprint density at radius 2 is 1.83 bits per heavy atom. The van der Waals surface area contributed by atoms with E-state index in [2.05, 4.69) is 25.7 Å². The summed E-state index contributed by atoms with van der Waals surface area (Å²) in [5, 5.41) is 18.4. The molecule has 4 aromatic rings. The predicted octanol–water partition coefficient (Wildman–Crippen LogP) is 2.85. The van der Waals surface area contributed by atoms with E-state index in [1.54, 1.807) is 30.4 Å². The second-order valence-corrected chi connectivity index (χ2v) is 6.39. The van der Waals surface area contributed by atoms with Crippen LogP contribution in [0.25, 0.3) is 11.3 Å². The van der Waals surface area contributed by atoms with Crippen LogP contribution in [-0.4, -0.2) is 38.2 Å². The normalized spacial score (nSPS) is 11.8. The molecule has 1 unspecified atom stereocenters. The minimum absolute atomic E-state index is 0.264. The van der Waals surface area contributed by atoms with Crippen molar-refractivity contribution in [3.05, 3.63) is 84.3 Å². The molecule has 8 nitrogen and oxygen atoms in total. The number of ether oxygens (including phenoxy) is 1. The highest BCUT2D eigenvalue weighted by molar-refractivity contribution is 5.93. The van der Waals surface area contributed by atoms with E-state index in [0.717, 1.165) is 11.1 Å². The van der Waals surface area contributed by atoms with Crippen LogP contribution < -0.4 is 10.1 Å². The topological polar surface area (TPSA) is 97.7 Å². The summed E-state index contributed by atoms with van der Waals surface area (Å²) in [5.74, 6) is 0.428. The van der Waals surface area contributed by atoms with Gasteiger partial charge in [0.1, 0.15) is 11.4 Å². The summed E-state index contributed by atoms with van der Waals surface area (Å²) in [5.41, 5.74) is 2.77. The van der Waals surface area contributed by atoms with E-state index >= 15 is 0 Å². The Morgan fingerprint density at radius 3 is 2.59 bits per heavy atom. The van der Waals surface area contributed by atoms with Crippen molar-refractivity contribution in [1.82, 2.24) is 30.5 Å². The molecular formula is C21H20N6O2. The number of hydrogen-bond donors (Lipinski definition) is 2. The van der Waals surface area contributed by atoms with E-state index in [1.807, 2.05) is 54.6 Å². The summed E-state index contributed by atoms with van der Waals surface area (Å²) in [4.78, 5) is 14.4. The largest absolute Gasteiger partial charge is 0.496 e. The third-order valence-electron chi connectivity index (χ3n) is 4.53. The molecule has 2 N–H and O–H groups in total. The molecule has 0 saturated heterocycles. The zero-order valence-corrected chi connectivity index (χ0v) is 15.8. The number of para-hydroxylation sites is 1. The molecule has 146 valence electrons. The molecule has 2 heterocycles. The molecule has 0 aliphatic rings. The quantitative estimate of drug-likeness (QED) is 0.507. The van der Waals surface area contributed by atoms with Gasteiger partial charge in [-0.15, -0.1) is 0 Å². The summed E-state index contributed by atoms with van der Waals surface area (Å²) in [7, 11) is 1.60. The molecule has 4 rings (SSSR count). The van der Waals surface area contributed by atoms with Gasteiger partial charge in [-0.2, -0.15) is 20.1 Å². The van der Waals surface area contributed by atoms with Gasteiger partial charge < -0.3 is 10.1 Å². The maximum atomic E-state index is 12.9. The molecule has 1 atom stereocenters. The first kappa shape index (κ1) is 18.4. The third-order valence-corrected chi connectivity index (χ3v) is 4.53. The molecule has 2 aromatic carbocycles. The van der Waals surface area contributed by atoms with Crippen LogP contribution in [0.2, 0.25) is 0 Å². The van der Waals surface area contributed by atoms with Crippen molar-refractivity contribution in [2.45, 2.75) is 12.6 Å². The van der Waals surface area contributed by atoms with Crippen LogP contribution in [0.15, 0.2) is 73.1 Å². The first-order chi connectivity index (χ1) is 14.2. The molecule has 0 bridgehead atoms. The zero-order valence-electron chi connectivity index (χ0n) is 15.8. The summed E-state index contributed by atoms with van der Waals surface area (Å²) in [6.45, 7) is 0.413. The number of methoxy groups -OCH3 is 1. The molecule has 0 spiro atoms. The second-order valence-electron chi connectivity index (χ2n) is 6.39. The maximum Gasteiger partial charge on any atom is 0.269 e. The number of nitrogens with one attached hydrogen (secondary N) is 2. The first-order valence-electron chi connectivity index (χ1n) is 9.13. The molecular weight excluding hydrogens is 368 g/mol. The van der Waals surface area contributed by atoms with Gasteiger partial charge in [-0.1, -0.05) is 42.5 Å². The first-order valence-corrected chi connectivity index (χ1v) is 9.13. The van der Waals surface area contributed by atoms with Crippen LogP contribution in [0, 0.1) is 0 Å². The Balaban J connectivity index is 1.56. The highest BCUT2D eigenvalue weighted by Gasteiger charge is 2.19. The monoisotopic (exact) mass is 388 g/mol. The number of hydrogen-bond acceptors (Lipinski definition) is 5. The van der Waals surface area contributed by atoms with E-state index in [0.29, 0.717) is 23.7 Å². The molecule has 0 saturated carbocycles. The SMILES string of the molecule is COc1ccccc1-c1cc(C(=O)NC(Cn2nccn2)c2ccccc2)[nH]n1. The fraction of sp³-hybridized carbons (Fsp3) is 0.143. The molecule has 1 amide bonds. The molecule has 0 aliphatic carbocycles. The average molecular weight is 388 g/mol. The number of rotatable bonds is 7. The van der Waals surface area contributed by atoms with Gasteiger partial charge in [0.05, 0.1) is 37.8 Å². The molecule has 0 radical (unpaired) electrons. The molecule has 0 fully saturated rings. The predicted molar refractivity (Wildman–Crippen MR) is 107 cm³/mol. The highest BCUT2D eigenvalue weighted by atomic mass is 16.5. The van der Waals surface area contributed by atoms with Gasteiger partial charge in [0.15, 0.2) is 0 Å². The summed E-state index contributed by atoms with van der Waals surface area (Å²) in [6, 6.07) is 18.7. The van der Waals surface area contributed by atoms with Crippen molar-refractivity contribution in [3.63, 3.8) is 0 Å². The van der Waals surface area contributed by atoms with Crippen molar-refractivity contribution in [2.75, 3.05) is 7.11 Å². The van der Waals surface area contributed by atoms with Gasteiger partial charge in [0.25, 0.3) is 5.91 Å². The number of H-pyrrole nitrogens is 1. The molecule has 8 heteroatoms.